The van der Waals surface area contributed by atoms with E-state index in [-0.39, 0.29) is 17.8 Å². The predicted octanol–water partition coefficient (Wildman–Crippen LogP) is 1.09. The maximum atomic E-state index is 11.7. The molecule has 19 heavy (non-hydrogen) atoms. The van der Waals surface area contributed by atoms with Gasteiger partial charge in [-0.2, -0.15) is 16.8 Å². The van der Waals surface area contributed by atoms with Gasteiger partial charge >= 0.3 is 0 Å². The Morgan fingerprint density at radius 1 is 0.947 bits per heavy atom. The topological polar surface area (TPSA) is 86.7 Å². The van der Waals surface area contributed by atoms with Crippen LogP contribution in [0.1, 0.15) is 33.6 Å². The molecule has 2 aliphatic rings. The van der Waals surface area contributed by atoms with Crippen LogP contribution in [0.25, 0.3) is 0 Å². The van der Waals surface area contributed by atoms with Gasteiger partial charge in [0.15, 0.2) is 0 Å². The number of fused-ring (bicyclic) bond motifs is 1. The monoisotopic (exact) mass is 312 g/mol. The molecule has 2 fully saturated rings. The molecule has 1 saturated heterocycles. The van der Waals surface area contributed by atoms with Crippen molar-refractivity contribution in [3.63, 3.8) is 0 Å². The zero-order chi connectivity index (χ0) is 14.4. The maximum absolute atomic E-state index is 11.7. The minimum atomic E-state index is -4.10. The number of hydrogen-bond donors (Lipinski definition) is 0. The van der Waals surface area contributed by atoms with E-state index in [0.29, 0.717) is 0 Å². The molecule has 0 aromatic rings. The van der Waals surface area contributed by atoms with Gasteiger partial charge in [-0.1, -0.05) is 20.8 Å². The molecule has 0 radical (unpaired) electrons. The van der Waals surface area contributed by atoms with Crippen molar-refractivity contribution in [2.24, 2.45) is 17.8 Å². The molecular weight excluding hydrogens is 292 g/mol. The average molecular weight is 312 g/mol. The summed E-state index contributed by atoms with van der Waals surface area (Å²) in [5.74, 6) is 0.159. The van der Waals surface area contributed by atoms with E-state index in [9.17, 15) is 16.8 Å². The Kier molecular flexibility index (Phi) is 3.99. The van der Waals surface area contributed by atoms with Gasteiger partial charge in [0, 0.05) is 0 Å². The minimum Gasteiger partial charge on any atom is -0.263 e. The molecule has 4 atom stereocenters. The van der Waals surface area contributed by atoms with Gasteiger partial charge in [0.2, 0.25) is 5.08 Å². The molecule has 6 nitrogen and oxygen atoms in total. The molecule has 0 N–H and O–H groups in total. The number of hydrogen-bond acceptors (Lipinski definition) is 6. The fraction of sp³-hybridized carbons (Fsp3) is 1.00. The molecule has 0 aromatic heterocycles. The Bertz CT molecular complexity index is 536. The lowest BCUT2D eigenvalue weighted by molar-refractivity contribution is -0.0460. The maximum Gasteiger partial charge on any atom is 0.284 e. The molecule has 2 rings (SSSR count). The fourth-order valence-electron chi connectivity index (χ4n) is 2.91. The largest absolute Gasteiger partial charge is 0.284 e. The summed E-state index contributed by atoms with van der Waals surface area (Å²) >= 11 is 0. The van der Waals surface area contributed by atoms with Crippen molar-refractivity contribution >= 4 is 20.2 Å². The first-order valence-electron chi connectivity index (χ1n) is 6.43. The average Bonchev–Trinajstić information content (AvgIpc) is 2.29. The van der Waals surface area contributed by atoms with Crippen LogP contribution >= 0.6 is 0 Å². The highest BCUT2D eigenvalue weighted by atomic mass is 32.3. The van der Waals surface area contributed by atoms with Crippen LogP contribution in [0, 0.1) is 17.8 Å². The van der Waals surface area contributed by atoms with Gasteiger partial charge in [-0.05, 0) is 30.6 Å². The fourth-order valence-corrected chi connectivity index (χ4v) is 6.00. The lowest BCUT2D eigenvalue weighted by Crippen LogP contribution is -2.47. The van der Waals surface area contributed by atoms with Gasteiger partial charge in [-0.15, -0.1) is 0 Å². The normalized spacial score (nSPS) is 41.5. The van der Waals surface area contributed by atoms with Gasteiger partial charge in [0.1, 0.15) is 12.2 Å². The van der Waals surface area contributed by atoms with Crippen LogP contribution in [0.3, 0.4) is 0 Å². The third kappa shape index (κ3) is 3.29. The third-order valence-corrected chi connectivity index (χ3v) is 7.26. The highest BCUT2D eigenvalue weighted by Gasteiger charge is 2.48. The summed E-state index contributed by atoms with van der Waals surface area (Å²) in [6.07, 6.45) is 0.219. The minimum absolute atomic E-state index is 0.00993. The molecule has 0 aromatic carbocycles. The highest BCUT2D eigenvalue weighted by molar-refractivity contribution is 8.03. The van der Waals surface area contributed by atoms with Gasteiger partial charge in [-0.3, -0.25) is 8.37 Å². The van der Waals surface area contributed by atoms with Crippen LogP contribution in [0.15, 0.2) is 0 Å². The second kappa shape index (κ2) is 4.98. The summed E-state index contributed by atoms with van der Waals surface area (Å²) < 4.78 is 57.1. The first-order valence-corrected chi connectivity index (χ1v) is 9.59. The van der Waals surface area contributed by atoms with E-state index in [0.717, 1.165) is 12.8 Å². The van der Waals surface area contributed by atoms with Crippen molar-refractivity contribution in [2.45, 2.75) is 45.8 Å². The van der Waals surface area contributed by atoms with Crippen molar-refractivity contribution in [3.8, 4) is 0 Å². The standard InChI is InChI=1S/C11H20O6S2/c1-7(2)9-5-4-8(3)10-11(9)17-19(14,15)6-18(12,13)16-10/h7-11H,4-6H2,1-3H3. The number of rotatable bonds is 1. The van der Waals surface area contributed by atoms with E-state index in [1.54, 1.807) is 0 Å². The van der Waals surface area contributed by atoms with E-state index < -0.39 is 37.5 Å². The van der Waals surface area contributed by atoms with E-state index in [2.05, 4.69) is 0 Å². The van der Waals surface area contributed by atoms with Gasteiger partial charge < -0.3 is 0 Å². The Hall–Kier alpha value is -0.180. The summed E-state index contributed by atoms with van der Waals surface area (Å²) in [7, 11) is -8.19. The summed E-state index contributed by atoms with van der Waals surface area (Å²) in [5.41, 5.74) is 0. The Morgan fingerprint density at radius 2 is 1.47 bits per heavy atom. The van der Waals surface area contributed by atoms with Crippen LogP contribution in [-0.2, 0) is 28.6 Å². The molecule has 0 bridgehead atoms. The van der Waals surface area contributed by atoms with Crippen molar-refractivity contribution < 1.29 is 25.2 Å². The summed E-state index contributed by atoms with van der Waals surface area (Å²) in [6, 6.07) is 0. The summed E-state index contributed by atoms with van der Waals surface area (Å²) in [5, 5.41) is -1.09. The van der Waals surface area contributed by atoms with Crippen LogP contribution in [0.5, 0.6) is 0 Å². The van der Waals surface area contributed by atoms with Crippen molar-refractivity contribution in [1.82, 2.24) is 0 Å². The molecule has 4 unspecified atom stereocenters. The molecule has 8 heteroatoms. The molecule has 1 aliphatic heterocycles. The van der Waals surface area contributed by atoms with Crippen LogP contribution < -0.4 is 0 Å². The van der Waals surface area contributed by atoms with Gasteiger partial charge in [0.25, 0.3) is 20.2 Å². The van der Waals surface area contributed by atoms with Gasteiger partial charge in [0.05, 0.1) is 0 Å². The molecule has 0 amide bonds. The van der Waals surface area contributed by atoms with Crippen LogP contribution in [0.2, 0.25) is 0 Å². The molecule has 112 valence electrons. The van der Waals surface area contributed by atoms with E-state index in [1.165, 1.54) is 0 Å². The molecule has 1 heterocycles. The first kappa shape index (κ1) is 15.2. The smallest absolute Gasteiger partial charge is 0.263 e. The van der Waals surface area contributed by atoms with E-state index >= 15 is 0 Å². The third-order valence-electron chi connectivity index (χ3n) is 3.92. The van der Waals surface area contributed by atoms with Crippen molar-refractivity contribution in [1.29, 1.82) is 0 Å². The SMILES string of the molecule is CC(C)C1CCC(C)C2OS(=O)(=O)CS(=O)(=O)OC12. The van der Waals surface area contributed by atoms with Gasteiger partial charge in [-0.25, -0.2) is 0 Å². The van der Waals surface area contributed by atoms with Crippen LogP contribution in [0.4, 0.5) is 0 Å². The zero-order valence-corrected chi connectivity index (χ0v) is 12.9. The molecular formula is C11H20O6S2. The second-order valence-corrected chi connectivity index (χ2v) is 9.38. The van der Waals surface area contributed by atoms with Crippen molar-refractivity contribution in [3.05, 3.63) is 0 Å². The second-order valence-electron chi connectivity index (χ2n) is 5.82. The molecule has 1 aliphatic carbocycles. The Labute approximate surface area is 114 Å². The lowest BCUT2D eigenvalue weighted by atomic mass is 9.74. The Morgan fingerprint density at radius 3 is 2.00 bits per heavy atom. The lowest BCUT2D eigenvalue weighted by Gasteiger charge is -2.40. The van der Waals surface area contributed by atoms with Crippen LogP contribution in [-0.4, -0.2) is 34.1 Å². The highest BCUT2D eigenvalue weighted by Crippen LogP contribution is 2.40. The quantitative estimate of drug-likeness (QED) is 0.674. The van der Waals surface area contributed by atoms with E-state index in [1.807, 2.05) is 20.8 Å². The molecule has 0 spiro atoms. The first-order chi connectivity index (χ1) is 8.61. The van der Waals surface area contributed by atoms with E-state index in [4.69, 9.17) is 8.37 Å². The zero-order valence-electron chi connectivity index (χ0n) is 11.3. The summed E-state index contributed by atoms with van der Waals surface area (Å²) in [4.78, 5) is 0. The van der Waals surface area contributed by atoms with Crippen molar-refractivity contribution in [2.75, 3.05) is 5.08 Å². The molecule has 1 saturated carbocycles. The predicted molar refractivity (Wildman–Crippen MR) is 69.2 cm³/mol. The Balaban J connectivity index is 2.42. The summed E-state index contributed by atoms with van der Waals surface area (Å²) in [6.45, 7) is 5.82.